The highest BCUT2D eigenvalue weighted by Gasteiger charge is 2.18. The van der Waals surface area contributed by atoms with Crippen LogP contribution < -0.4 is 5.73 Å². The quantitative estimate of drug-likeness (QED) is 0.837. The Morgan fingerprint density at radius 1 is 1.28 bits per heavy atom. The minimum absolute atomic E-state index is 0.0413. The van der Waals surface area contributed by atoms with E-state index in [4.69, 9.17) is 5.73 Å². The van der Waals surface area contributed by atoms with Crippen LogP contribution in [0.1, 0.15) is 25.8 Å². The third-order valence-electron chi connectivity index (χ3n) is 3.00. The molecule has 0 spiro atoms. The van der Waals surface area contributed by atoms with Gasteiger partial charge in [0.1, 0.15) is 0 Å². The van der Waals surface area contributed by atoms with Gasteiger partial charge in [-0.25, -0.2) is 0 Å². The van der Waals surface area contributed by atoms with Crippen molar-refractivity contribution < 1.29 is 4.79 Å². The fourth-order valence-corrected chi connectivity index (χ4v) is 1.94. The number of hydrogen-bond donors (Lipinski definition) is 1. The Balaban J connectivity index is 2.40. The summed E-state index contributed by atoms with van der Waals surface area (Å²) in [5, 5.41) is 0. The molecule has 1 atom stereocenters. The van der Waals surface area contributed by atoms with Crippen molar-refractivity contribution in [2.24, 2.45) is 11.7 Å². The molecule has 0 aliphatic heterocycles. The van der Waals surface area contributed by atoms with Crippen LogP contribution in [0.5, 0.6) is 0 Å². The van der Waals surface area contributed by atoms with Crippen molar-refractivity contribution in [1.29, 1.82) is 0 Å². The van der Waals surface area contributed by atoms with Gasteiger partial charge in [-0.1, -0.05) is 44.2 Å². The molecule has 2 N–H and O–H groups in total. The van der Waals surface area contributed by atoms with Gasteiger partial charge >= 0.3 is 0 Å². The van der Waals surface area contributed by atoms with Crippen molar-refractivity contribution in [3.8, 4) is 0 Å². The number of likely N-dealkylation sites (N-methyl/N-ethyl adjacent to an activating group) is 1. The molecular formula is C15H24N2O. The van der Waals surface area contributed by atoms with E-state index >= 15 is 0 Å². The second kappa shape index (κ2) is 7.17. The van der Waals surface area contributed by atoms with Crippen LogP contribution in [0.2, 0.25) is 0 Å². The highest BCUT2D eigenvalue weighted by atomic mass is 16.2. The largest absolute Gasteiger partial charge is 0.344 e. The van der Waals surface area contributed by atoms with Crippen LogP contribution in [0.15, 0.2) is 30.3 Å². The monoisotopic (exact) mass is 248 g/mol. The van der Waals surface area contributed by atoms with Gasteiger partial charge < -0.3 is 10.6 Å². The van der Waals surface area contributed by atoms with Gasteiger partial charge in [-0.2, -0.15) is 0 Å². The average Bonchev–Trinajstić information content (AvgIpc) is 2.35. The van der Waals surface area contributed by atoms with Crippen molar-refractivity contribution in [1.82, 2.24) is 4.90 Å². The highest BCUT2D eigenvalue weighted by Crippen LogP contribution is 2.06. The van der Waals surface area contributed by atoms with E-state index in [0.29, 0.717) is 12.5 Å². The minimum atomic E-state index is -0.370. The molecule has 0 unspecified atom stereocenters. The van der Waals surface area contributed by atoms with Crippen molar-refractivity contribution >= 4 is 5.91 Å². The van der Waals surface area contributed by atoms with Crippen LogP contribution in [0.4, 0.5) is 0 Å². The maximum Gasteiger partial charge on any atom is 0.239 e. The van der Waals surface area contributed by atoms with Gasteiger partial charge in [-0.15, -0.1) is 0 Å². The van der Waals surface area contributed by atoms with Crippen LogP contribution in [0.3, 0.4) is 0 Å². The molecule has 0 radical (unpaired) electrons. The molecular weight excluding hydrogens is 224 g/mol. The van der Waals surface area contributed by atoms with E-state index in [1.807, 2.05) is 25.2 Å². The lowest BCUT2D eigenvalue weighted by molar-refractivity contribution is -0.131. The van der Waals surface area contributed by atoms with Crippen LogP contribution in [-0.4, -0.2) is 30.4 Å². The Kier molecular flexibility index (Phi) is 5.86. The Bertz CT molecular complexity index is 362. The maximum absolute atomic E-state index is 12.0. The van der Waals surface area contributed by atoms with Gasteiger partial charge in [-0.05, 0) is 24.3 Å². The lowest BCUT2D eigenvalue weighted by atomic mass is 10.0. The Morgan fingerprint density at radius 2 is 1.89 bits per heavy atom. The third-order valence-corrected chi connectivity index (χ3v) is 3.00. The van der Waals surface area contributed by atoms with Gasteiger partial charge in [0.25, 0.3) is 0 Å². The smallest absolute Gasteiger partial charge is 0.239 e. The van der Waals surface area contributed by atoms with Gasteiger partial charge in [0, 0.05) is 13.6 Å². The minimum Gasteiger partial charge on any atom is -0.344 e. The molecule has 3 heteroatoms. The molecule has 3 nitrogen and oxygen atoms in total. The first-order valence-electron chi connectivity index (χ1n) is 6.55. The number of carbonyl (C=O) groups excluding carboxylic acids is 1. The molecule has 1 aromatic rings. The average molecular weight is 248 g/mol. The van der Waals surface area contributed by atoms with E-state index in [0.717, 1.165) is 12.8 Å². The van der Waals surface area contributed by atoms with Crippen molar-refractivity contribution in [3.63, 3.8) is 0 Å². The van der Waals surface area contributed by atoms with Gasteiger partial charge in [0.15, 0.2) is 0 Å². The summed E-state index contributed by atoms with van der Waals surface area (Å²) in [7, 11) is 1.82. The van der Waals surface area contributed by atoms with Crippen molar-refractivity contribution in [3.05, 3.63) is 35.9 Å². The van der Waals surface area contributed by atoms with Crippen molar-refractivity contribution in [2.45, 2.75) is 32.7 Å². The highest BCUT2D eigenvalue weighted by molar-refractivity contribution is 5.81. The normalized spacial score (nSPS) is 12.5. The molecule has 100 valence electrons. The zero-order chi connectivity index (χ0) is 13.5. The molecule has 1 amide bonds. The first kappa shape index (κ1) is 14.7. The fraction of sp³-hybridized carbons (Fsp3) is 0.533. The van der Waals surface area contributed by atoms with E-state index < -0.39 is 0 Å². The first-order valence-corrected chi connectivity index (χ1v) is 6.55. The molecule has 0 bridgehead atoms. The second-order valence-corrected chi connectivity index (χ2v) is 5.23. The van der Waals surface area contributed by atoms with E-state index in [2.05, 4.69) is 26.0 Å². The molecule has 1 aromatic carbocycles. The summed E-state index contributed by atoms with van der Waals surface area (Å²) in [6.45, 7) is 4.88. The topological polar surface area (TPSA) is 46.3 Å². The van der Waals surface area contributed by atoms with Gasteiger partial charge in [0.2, 0.25) is 5.91 Å². The fourth-order valence-electron chi connectivity index (χ4n) is 1.94. The maximum atomic E-state index is 12.0. The van der Waals surface area contributed by atoms with Crippen LogP contribution in [0, 0.1) is 5.92 Å². The SMILES string of the molecule is CC(C)C[C@H](N)C(=O)N(C)CCc1ccccc1. The summed E-state index contributed by atoms with van der Waals surface area (Å²) in [5.41, 5.74) is 7.14. The Labute approximate surface area is 110 Å². The lowest BCUT2D eigenvalue weighted by Gasteiger charge is -2.22. The van der Waals surface area contributed by atoms with E-state index in [-0.39, 0.29) is 11.9 Å². The predicted octanol–water partition coefficient (Wildman–Crippen LogP) is 2.06. The number of nitrogens with zero attached hydrogens (tertiary/aromatic N) is 1. The summed E-state index contributed by atoms with van der Waals surface area (Å²) >= 11 is 0. The second-order valence-electron chi connectivity index (χ2n) is 5.23. The Hall–Kier alpha value is -1.35. The summed E-state index contributed by atoms with van der Waals surface area (Å²) in [4.78, 5) is 13.7. The van der Waals surface area contributed by atoms with Gasteiger partial charge in [-0.3, -0.25) is 4.79 Å². The van der Waals surface area contributed by atoms with Gasteiger partial charge in [0.05, 0.1) is 6.04 Å². The summed E-state index contributed by atoms with van der Waals surface area (Å²) < 4.78 is 0. The lowest BCUT2D eigenvalue weighted by Crippen LogP contribution is -2.43. The molecule has 0 aromatic heterocycles. The Morgan fingerprint density at radius 3 is 2.44 bits per heavy atom. The molecule has 0 heterocycles. The molecule has 0 saturated carbocycles. The molecule has 0 fully saturated rings. The number of rotatable bonds is 6. The molecule has 1 rings (SSSR count). The van der Waals surface area contributed by atoms with Crippen LogP contribution in [-0.2, 0) is 11.2 Å². The van der Waals surface area contributed by atoms with Crippen LogP contribution >= 0.6 is 0 Å². The standard InChI is InChI=1S/C15H24N2O/c1-12(2)11-14(16)15(18)17(3)10-9-13-7-5-4-6-8-13/h4-8,12,14H,9-11,16H2,1-3H3/t14-/m0/s1. The molecule has 18 heavy (non-hydrogen) atoms. The van der Waals surface area contributed by atoms with Crippen LogP contribution in [0.25, 0.3) is 0 Å². The third kappa shape index (κ3) is 4.88. The van der Waals surface area contributed by atoms with E-state index in [1.54, 1.807) is 4.90 Å². The van der Waals surface area contributed by atoms with E-state index in [9.17, 15) is 4.79 Å². The summed E-state index contributed by atoms with van der Waals surface area (Å²) in [6.07, 6.45) is 1.62. The number of benzene rings is 1. The number of carbonyl (C=O) groups is 1. The molecule has 0 saturated heterocycles. The zero-order valence-electron chi connectivity index (χ0n) is 11.6. The number of hydrogen-bond acceptors (Lipinski definition) is 2. The summed E-state index contributed by atoms with van der Waals surface area (Å²) in [5.74, 6) is 0.492. The van der Waals surface area contributed by atoms with E-state index in [1.165, 1.54) is 5.56 Å². The first-order chi connectivity index (χ1) is 8.50. The number of nitrogens with two attached hydrogens (primary N) is 1. The number of amides is 1. The molecule has 0 aliphatic carbocycles. The zero-order valence-corrected chi connectivity index (χ0v) is 11.6. The summed E-state index contributed by atoms with van der Waals surface area (Å²) in [6, 6.07) is 9.81. The molecule has 0 aliphatic rings. The predicted molar refractivity (Wildman–Crippen MR) is 75.2 cm³/mol. The van der Waals surface area contributed by atoms with Crippen molar-refractivity contribution in [2.75, 3.05) is 13.6 Å².